The van der Waals surface area contributed by atoms with E-state index < -0.39 is 21.3 Å². The van der Waals surface area contributed by atoms with Gasteiger partial charge in [0.05, 0.1) is 10.4 Å². The number of nitrogens with zero attached hydrogens (tertiary/aromatic N) is 4. The SMILES string of the molecule is Cn1c(=O)c2[nH]c(-c3ccc(S(=O)(=O)N4CCN(c5ccccc5)CC4)cc3)cc2n(C)c1=O. The van der Waals surface area contributed by atoms with Crippen molar-refractivity contribution >= 4 is 26.7 Å². The Morgan fingerprint density at radius 2 is 1.47 bits per heavy atom. The van der Waals surface area contributed by atoms with Gasteiger partial charge in [-0.25, -0.2) is 13.2 Å². The van der Waals surface area contributed by atoms with Gasteiger partial charge in [0.2, 0.25) is 10.0 Å². The van der Waals surface area contributed by atoms with Crippen molar-refractivity contribution in [2.75, 3.05) is 31.1 Å². The summed E-state index contributed by atoms with van der Waals surface area (Å²) in [5.74, 6) is 0. The third-order valence-electron chi connectivity index (χ3n) is 6.41. The fraction of sp³-hybridized carbons (Fsp3) is 0.250. The first kappa shape index (κ1) is 22.2. The van der Waals surface area contributed by atoms with Gasteiger partial charge < -0.3 is 9.88 Å². The molecule has 1 N–H and O–H groups in total. The summed E-state index contributed by atoms with van der Waals surface area (Å²) in [5, 5.41) is 0. The number of fused-ring (bicyclic) bond motifs is 1. The Labute approximate surface area is 196 Å². The zero-order chi connectivity index (χ0) is 24.0. The van der Waals surface area contributed by atoms with E-state index in [-0.39, 0.29) is 4.90 Å². The molecule has 0 aliphatic carbocycles. The van der Waals surface area contributed by atoms with Crippen LogP contribution in [0.15, 0.2) is 75.1 Å². The minimum Gasteiger partial charge on any atom is -0.369 e. The Hall–Kier alpha value is -3.63. The van der Waals surface area contributed by atoms with Gasteiger partial charge in [-0.1, -0.05) is 30.3 Å². The molecular weight excluding hydrogens is 454 g/mol. The number of aromatic nitrogens is 3. The third kappa shape index (κ3) is 3.64. The number of aromatic amines is 1. The largest absolute Gasteiger partial charge is 0.369 e. The van der Waals surface area contributed by atoms with Crippen LogP contribution in [0.25, 0.3) is 22.3 Å². The van der Waals surface area contributed by atoms with Crippen molar-refractivity contribution in [3.8, 4) is 11.3 Å². The van der Waals surface area contributed by atoms with Crippen LogP contribution in [0.2, 0.25) is 0 Å². The van der Waals surface area contributed by atoms with Gasteiger partial charge in [-0.05, 0) is 35.9 Å². The van der Waals surface area contributed by atoms with Crippen molar-refractivity contribution in [2.45, 2.75) is 4.90 Å². The molecule has 2 aromatic heterocycles. The number of hydrogen-bond donors (Lipinski definition) is 1. The van der Waals surface area contributed by atoms with Crippen LogP contribution in [0.5, 0.6) is 0 Å². The van der Waals surface area contributed by atoms with E-state index in [0.29, 0.717) is 42.9 Å². The Balaban J connectivity index is 1.38. The smallest absolute Gasteiger partial charge is 0.331 e. The van der Waals surface area contributed by atoms with Gasteiger partial charge in [0.15, 0.2) is 0 Å². The maximum Gasteiger partial charge on any atom is 0.331 e. The van der Waals surface area contributed by atoms with E-state index in [1.54, 1.807) is 37.4 Å². The number of hydrogen-bond acceptors (Lipinski definition) is 5. The van der Waals surface area contributed by atoms with E-state index in [2.05, 4.69) is 9.88 Å². The highest BCUT2D eigenvalue weighted by Crippen LogP contribution is 2.26. The van der Waals surface area contributed by atoms with E-state index in [4.69, 9.17) is 0 Å². The number of para-hydroxylation sites is 1. The standard InChI is InChI=1S/C24H25N5O4S/c1-26-21-16-20(25-22(21)23(30)27(2)24(26)31)17-8-10-19(11-9-17)34(32,33)29-14-12-28(13-15-29)18-6-4-3-5-7-18/h3-11,16,25H,12-15H2,1-2H3. The highest BCUT2D eigenvalue weighted by Gasteiger charge is 2.28. The van der Waals surface area contributed by atoms with E-state index in [0.717, 1.165) is 15.8 Å². The molecule has 176 valence electrons. The summed E-state index contributed by atoms with van der Waals surface area (Å²) in [4.78, 5) is 30.1. The van der Waals surface area contributed by atoms with Crippen LogP contribution in [0.1, 0.15) is 0 Å². The number of benzene rings is 2. The molecule has 10 heteroatoms. The quantitative estimate of drug-likeness (QED) is 0.481. The fourth-order valence-corrected chi connectivity index (χ4v) is 5.81. The predicted octanol–water partition coefficient (Wildman–Crippen LogP) is 1.74. The molecule has 1 aliphatic heterocycles. The summed E-state index contributed by atoms with van der Waals surface area (Å²) in [5.41, 5.74) is 2.46. The molecule has 0 saturated carbocycles. The molecule has 1 aliphatic rings. The van der Waals surface area contributed by atoms with Gasteiger partial charge in [-0.15, -0.1) is 0 Å². The minimum absolute atomic E-state index is 0.226. The Kier molecular flexibility index (Phi) is 5.41. The summed E-state index contributed by atoms with van der Waals surface area (Å²) in [6, 6.07) is 18.3. The second-order valence-corrected chi connectivity index (χ2v) is 10.3. The second-order valence-electron chi connectivity index (χ2n) is 8.40. The number of aryl methyl sites for hydroxylation is 1. The van der Waals surface area contributed by atoms with Crippen LogP contribution >= 0.6 is 0 Å². The van der Waals surface area contributed by atoms with Gasteiger partial charge in [-0.2, -0.15) is 4.31 Å². The average molecular weight is 480 g/mol. The van der Waals surface area contributed by atoms with Gasteiger partial charge >= 0.3 is 5.69 Å². The third-order valence-corrected chi connectivity index (χ3v) is 8.33. The molecule has 0 unspecified atom stereocenters. The zero-order valence-corrected chi connectivity index (χ0v) is 19.7. The molecule has 9 nitrogen and oxygen atoms in total. The molecule has 0 bridgehead atoms. The monoisotopic (exact) mass is 479 g/mol. The number of piperazine rings is 1. The number of nitrogens with one attached hydrogen (secondary N) is 1. The lowest BCUT2D eigenvalue weighted by atomic mass is 10.1. The molecule has 3 heterocycles. The molecule has 5 rings (SSSR count). The van der Waals surface area contributed by atoms with Crippen molar-refractivity contribution < 1.29 is 8.42 Å². The Morgan fingerprint density at radius 3 is 2.12 bits per heavy atom. The van der Waals surface area contributed by atoms with E-state index in [9.17, 15) is 18.0 Å². The first-order valence-electron chi connectivity index (χ1n) is 11.0. The van der Waals surface area contributed by atoms with Crippen LogP contribution in [0, 0.1) is 0 Å². The summed E-state index contributed by atoms with van der Waals surface area (Å²) < 4.78 is 30.4. The normalized spacial score (nSPS) is 15.2. The van der Waals surface area contributed by atoms with Crippen molar-refractivity contribution in [3.05, 3.63) is 81.5 Å². The van der Waals surface area contributed by atoms with E-state index >= 15 is 0 Å². The molecule has 4 aromatic rings. The first-order chi connectivity index (χ1) is 16.3. The molecule has 0 atom stereocenters. The van der Waals surface area contributed by atoms with Crippen molar-refractivity contribution in [1.82, 2.24) is 18.4 Å². The van der Waals surface area contributed by atoms with Gasteiger partial charge in [-0.3, -0.25) is 13.9 Å². The highest BCUT2D eigenvalue weighted by molar-refractivity contribution is 7.89. The molecule has 0 radical (unpaired) electrons. The van der Waals surface area contributed by atoms with Crippen molar-refractivity contribution in [2.24, 2.45) is 14.1 Å². The summed E-state index contributed by atoms with van der Waals surface area (Å²) in [6.07, 6.45) is 0. The molecule has 1 fully saturated rings. The van der Waals surface area contributed by atoms with E-state index in [1.807, 2.05) is 30.3 Å². The van der Waals surface area contributed by atoms with Crippen molar-refractivity contribution in [3.63, 3.8) is 0 Å². The lowest BCUT2D eigenvalue weighted by Gasteiger charge is -2.35. The Bertz CT molecular complexity index is 1580. The first-order valence-corrected chi connectivity index (χ1v) is 12.4. The summed E-state index contributed by atoms with van der Waals surface area (Å²) >= 11 is 0. The lowest BCUT2D eigenvalue weighted by Crippen LogP contribution is -2.48. The van der Waals surface area contributed by atoms with Crippen LogP contribution in [0.4, 0.5) is 5.69 Å². The van der Waals surface area contributed by atoms with Crippen LogP contribution in [-0.2, 0) is 24.1 Å². The molecule has 34 heavy (non-hydrogen) atoms. The van der Waals surface area contributed by atoms with Crippen LogP contribution in [0.3, 0.4) is 0 Å². The zero-order valence-electron chi connectivity index (χ0n) is 18.9. The second kappa shape index (κ2) is 8.30. The number of rotatable bonds is 4. The van der Waals surface area contributed by atoms with Gasteiger partial charge in [0.25, 0.3) is 5.56 Å². The van der Waals surface area contributed by atoms with Gasteiger partial charge in [0.1, 0.15) is 5.52 Å². The number of anilines is 1. The summed E-state index contributed by atoms with van der Waals surface area (Å²) in [6.45, 7) is 2.09. The lowest BCUT2D eigenvalue weighted by molar-refractivity contribution is 0.385. The minimum atomic E-state index is -3.62. The molecule has 2 aromatic carbocycles. The highest BCUT2D eigenvalue weighted by atomic mass is 32.2. The van der Waals surface area contributed by atoms with Crippen molar-refractivity contribution in [1.29, 1.82) is 0 Å². The maximum atomic E-state index is 13.2. The van der Waals surface area contributed by atoms with Gasteiger partial charge in [0, 0.05) is 51.7 Å². The number of sulfonamides is 1. The van der Waals surface area contributed by atoms with E-state index in [1.165, 1.54) is 15.9 Å². The summed E-state index contributed by atoms with van der Waals surface area (Å²) in [7, 11) is -0.578. The molecule has 1 saturated heterocycles. The average Bonchev–Trinajstić information content (AvgIpc) is 3.33. The van der Waals surface area contributed by atoms with Crippen LogP contribution in [-0.4, -0.2) is 53.0 Å². The Morgan fingerprint density at radius 1 is 0.824 bits per heavy atom. The molecule has 0 spiro atoms. The fourth-order valence-electron chi connectivity index (χ4n) is 4.39. The van der Waals surface area contributed by atoms with Crippen LogP contribution < -0.4 is 16.1 Å². The maximum absolute atomic E-state index is 13.2. The molecular formula is C24H25N5O4S. The molecule has 0 amide bonds. The predicted molar refractivity (Wildman–Crippen MR) is 132 cm³/mol. The number of H-pyrrole nitrogens is 1. The topological polar surface area (TPSA) is 100 Å².